The Hall–Kier alpha value is -3.78. The maximum Gasteiger partial charge on any atom is 0.323 e. The van der Waals surface area contributed by atoms with Gasteiger partial charge in [0.15, 0.2) is 0 Å². The number of carbonyl (C=O) groups is 3. The van der Waals surface area contributed by atoms with Crippen molar-refractivity contribution in [2.24, 2.45) is 10.9 Å². The lowest BCUT2D eigenvalue weighted by atomic mass is 10.0. The van der Waals surface area contributed by atoms with E-state index in [0.29, 0.717) is 16.9 Å². The molecule has 1 aromatic heterocycles. The van der Waals surface area contributed by atoms with Crippen molar-refractivity contribution >= 4 is 52.5 Å². The predicted octanol–water partition coefficient (Wildman–Crippen LogP) is 5.78. The summed E-state index contributed by atoms with van der Waals surface area (Å²) in [7, 11) is 0. The highest BCUT2D eigenvalue weighted by atomic mass is 32.1. The Bertz CT molecular complexity index is 1310. The first-order chi connectivity index (χ1) is 16.4. The number of fused-ring (bicyclic) bond motifs is 1. The Labute approximate surface area is 201 Å². The molecule has 2 N–H and O–H groups in total. The molecule has 7 nitrogen and oxygen atoms in total. The fraction of sp³-hybridized carbons (Fsp3) is 0.231. The van der Waals surface area contributed by atoms with Crippen molar-refractivity contribution in [1.29, 1.82) is 0 Å². The van der Waals surface area contributed by atoms with Crippen LogP contribution in [0.2, 0.25) is 0 Å². The Morgan fingerprint density at radius 3 is 2.59 bits per heavy atom. The molecule has 2 heterocycles. The number of hydrogen-bond acceptors (Lipinski definition) is 4. The molecule has 4 amide bonds. The van der Waals surface area contributed by atoms with Gasteiger partial charge in [0.05, 0.1) is 11.3 Å². The smallest absolute Gasteiger partial charge is 0.309 e. The van der Waals surface area contributed by atoms with E-state index in [2.05, 4.69) is 15.6 Å². The maximum absolute atomic E-state index is 12.9. The molecule has 0 saturated heterocycles. The van der Waals surface area contributed by atoms with Crippen LogP contribution < -0.4 is 15.5 Å². The van der Waals surface area contributed by atoms with Crippen molar-refractivity contribution in [2.45, 2.75) is 32.7 Å². The van der Waals surface area contributed by atoms with Gasteiger partial charge in [-0.05, 0) is 59.5 Å². The van der Waals surface area contributed by atoms with E-state index in [0.717, 1.165) is 35.2 Å². The summed E-state index contributed by atoms with van der Waals surface area (Å²) in [5.74, 6) is -0.365. The minimum atomic E-state index is -0.437. The molecule has 0 bridgehead atoms. The molecule has 3 aromatic rings. The highest BCUT2D eigenvalue weighted by Gasteiger charge is 2.35. The van der Waals surface area contributed by atoms with Crippen LogP contribution >= 0.6 is 11.3 Å². The van der Waals surface area contributed by atoms with E-state index >= 15 is 0 Å². The van der Waals surface area contributed by atoms with Crippen LogP contribution in [-0.2, 0) is 4.79 Å². The number of hydrogen-bond donors (Lipinski definition) is 2. The summed E-state index contributed by atoms with van der Waals surface area (Å²) in [6.45, 7) is 3.80. The van der Waals surface area contributed by atoms with Gasteiger partial charge in [-0.15, -0.1) is 0 Å². The first kappa shape index (κ1) is 22.0. The van der Waals surface area contributed by atoms with E-state index in [9.17, 15) is 14.4 Å². The molecule has 0 radical (unpaired) electrons. The monoisotopic (exact) mass is 472 g/mol. The lowest BCUT2D eigenvalue weighted by Gasteiger charge is -2.26. The minimum absolute atomic E-state index is 0.0752. The maximum atomic E-state index is 12.9. The Morgan fingerprint density at radius 1 is 1.06 bits per heavy atom. The minimum Gasteiger partial charge on any atom is -0.309 e. The SMILES string of the molecule is CC(C)C(=O)N(c1ccc(-c2ccsc2)c(NC(=O)Nc2ccc3c(c2)C(=O)N=C3)c1)C1CC1. The van der Waals surface area contributed by atoms with Crippen LogP contribution in [0.15, 0.2) is 58.2 Å². The van der Waals surface area contributed by atoms with Crippen molar-refractivity contribution in [3.63, 3.8) is 0 Å². The summed E-state index contributed by atoms with van der Waals surface area (Å²) in [6, 6.07) is 12.6. The molecule has 1 fully saturated rings. The van der Waals surface area contributed by atoms with Crippen LogP contribution in [0.1, 0.15) is 42.6 Å². The number of benzene rings is 2. The third-order valence-electron chi connectivity index (χ3n) is 5.87. The quantitative estimate of drug-likeness (QED) is 0.476. The first-order valence-electron chi connectivity index (χ1n) is 11.2. The number of amides is 4. The summed E-state index contributed by atoms with van der Waals surface area (Å²) in [6.07, 6.45) is 3.48. The number of urea groups is 1. The van der Waals surface area contributed by atoms with Crippen LogP contribution in [0, 0.1) is 5.92 Å². The van der Waals surface area contributed by atoms with Crippen LogP contribution in [0.25, 0.3) is 11.1 Å². The zero-order chi connectivity index (χ0) is 23.8. The van der Waals surface area contributed by atoms with E-state index in [4.69, 9.17) is 0 Å². The van der Waals surface area contributed by atoms with E-state index in [-0.39, 0.29) is 23.8 Å². The molecule has 2 aromatic carbocycles. The van der Waals surface area contributed by atoms with Gasteiger partial charge in [-0.3, -0.25) is 9.59 Å². The molecule has 8 heteroatoms. The summed E-state index contributed by atoms with van der Waals surface area (Å²) >= 11 is 1.57. The molecule has 172 valence electrons. The van der Waals surface area contributed by atoms with Gasteiger partial charge >= 0.3 is 6.03 Å². The zero-order valence-corrected chi connectivity index (χ0v) is 19.7. The number of nitrogens with one attached hydrogen (secondary N) is 2. The number of carbonyl (C=O) groups excluding carboxylic acids is 3. The van der Waals surface area contributed by atoms with Crippen molar-refractivity contribution in [1.82, 2.24) is 0 Å². The summed E-state index contributed by atoms with van der Waals surface area (Å²) in [4.78, 5) is 43.4. The molecule has 0 unspecified atom stereocenters. The fourth-order valence-corrected chi connectivity index (χ4v) is 4.65. The van der Waals surface area contributed by atoms with Gasteiger partial charge in [-0.2, -0.15) is 11.3 Å². The highest BCUT2D eigenvalue weighted by Crippen LogP contribution is 2.38. The summed E-state index contributed by atoms with van der Waals surface area (Å²) in [5.41, 5.74) is 4.93. The van der Waals surface area contributed by atoms with E-state index in [1.54, 1.807) is 29.5 Å². The third-order valence-corrected chi connectivity index (χ3v) is 6.55. The summed E-state index contributed by atoms with van der Waals surface area (Å²) < 4.78 is 0. The molecule has 5 rings (SSSR count). The highest BCUT2D eigenvalue weighted by molar-refractivity contribution is 7.08. The number of anilines is 3. The second-order valence-electron chi connectivity index (χ2n) is 8.78. The normalized spacial score (nSPS) is 14.3. The molecular weight excluding hydrogens is 448 g/mol. The fourth-order valence-electron chi connectivity index (χ4n) is 4.00. The van der Waals surface area contributed by atoms with Gasteiger partial charge in [0.2, 0.25) is 5.91 Å². The summed E-state index contributed by atoms with van der Waals surface area (Å²) in [5, 5.41) is 9.75. The van der Waals surface area contributed by atoms with Gasteiger partial charge in [0.1, 0.15) is 0 Å². The Morgan fingerprint density at radius 2 is 1.88 bits per heavy atom. The van der Waals surface area contributed by atoms with E-state index in [1.165, 1.54) is 6.21 Å². The van der Waals surface area contributed by atoms with Crippen LogP contribution in [0.3, 0.4) is 0 Å². The van der Waals surface area contributed by atoms with Gasteiger partial charge < -0.3 is 15.5 Å². The van der Waals surface area contributed by atoms with Gasteiger partial charge in [-0.25, -0.2) is 9.79 Å². The second-order valence-corrected chi connectivity index (χ2v) is 9.56. The van der Waals surface area contributed by atoms with Gasteiger partial charge in [0.25, 0.3) is 5.91 Å². The van der Waals surface area contributed by atoms with Crippen LogP contribution in [0.4, 0.5) is 21.9 Å². The molecule has 1 aliphatic carbocycles. The molecule has 0 atom stereocenters. The van der Waals surface area contributed by atoms with Gasteiger partial charge in [-0.1, -0.05) is 26.0 Å². The zero-order valence-electron chi connectivity index (χ0n) is 18.9. The van der Waals surface area contributed by atoms with Crippen LogP contribution in [0.5, 0.6) is 0 Å². The second kappa shape index (κ2) is 8.87. The van der Waals surface area contributed by atoms with E-state index < -0.39 is 6.03 Å². The number of aliphatic imine (C=N–C) groups is 1. The lowest BCUT2D eigenvalue weighted by Crippen LogP contribution is -2.36. The average molecular weight is 473 g/mol. The van der Waals surface area contributed by atoms with Gasteiger partial charge in [0, 0.05) is 40.7 Å². The predicted molar refractivity (Wildman–Crippen MR) is 136 cm³/mol. The number of rotatable bonds is 6. The molecule has 34 heavy (non-hydrogen) atoms. The topological polar surface area (TPSA) is 90.9 Å². The number of thiophene rings is 1. The van der Waals surface area contributed by atoms with Crippen molar-refractivity contribution < 1.29 is 14.4 Å². The number of nitrogens with zero attached hydrogens (tertiary/aromatic N) is 2. The average Bonchev–Trinajstić information content (AvgIpc) is 3.35. The lowest BCUT2D eigenvalue weighted by molar-refractivity contribution is -0.121. The molecule has 0 spiro atoms. The first-order valence-corrected chi connectivity index (χ1v) is 12.1. The van der Waals surface area contributed by atoms with Crippen molar-refractivity contribution in [3.8, 4) is 11.1 Å². The molecule has 2 aliphatic rings. The van der Waals surface area contributed by atoms with Crippen molar-refractivity contribution in [3.05, 3.63) is 64.4 Å². The molecule has 1 aliphatic heterocycles. The van der Waals surface area contributed by atoms with Crippen LogP contribution in [-0.4, -0.2) is 30.1 Å². The molecule has 1 saturated carbocycles. The third kappa shape index (κ3) is 4.36. The Balaban J connectivity index is 1.44. The molecular formula is C26H24N4O3S. The van der Waals surface area contributed by atoms with E-state index in [1.807, 2.05) is 53.8 Å². The largest absolute Gasteiger partial charge is 0.323 e. The standard InChI is InChI=1S/C26H24N4O3S/c1-15(2)25(32)30(19-5-6-19)20-7-8-21(17-9-10-34-14-17)23(12-20)29-26(33)28-18-4-3-16-13-27-24(31)22(16)11-18/h3-4,7-15,19H,5-6H2,1-2H3,(H2,28,29,33). The Kier molecular flexibility index (Phi) is 5.75. The van der Waals surface area contributed by atoms with Crippen molar-refractivity contribution in [2.75, 3.05) is 15.5 Å².